The number of aryl methyl sites for hydroxylation is 1. The second-order valence-electron chi connectivity index (χ2n) is 5.03. The fourth-order valence-corrected chi connectivity index (χ4v) is 2.43. The second-order valence-corrected chi connectivity index (χ2v) is 6.87. The quantitative estimate of drug-likeness (QED) is 0.228. The minimum absolute atomic E-state index is 0. The van der Waals surface area contributed by atoms with E-state index in [1.807, 2.05) is 18.2 Å². The standard InChI is InChI=1S/C15H26N4O2S.HI/c1-16-15(18-12-7-13-19-22(2,20)21)17-11-6-10-14-8-4-3-5-9-14;/h3-5,8-9,19H,6-7,10-13H2,1-2H3,(H2,16,17,18);1H. The number of hydrogen-bond donors (Lipinski definition) is 3. The van der Waals surface area contributed by atoms with Crippen LogP contribution in [0.4, 0.5) is 0 Å². The van der Waals surface area contributed by atoms with Crippen LogP contribution < -0.4 is 15.4 Å². The average molecular weight is 454 g/mol. The van der Waals surface area contributed by atoms with Gasteiger partial charge in [0.2, 0.25) is 10.0 Å². The van der Waals surface area contributed by atoms with Crippen LogP contribution in [0.2, 0.25) is 0 Å². The molecule has 0 aliphatic rings. The molecule has 0 fully saturated rings. The van der Waals surface area contributed by atoms with Crippen molar-refractivity contribution in [3.8, 4) is 0 Å². The topological polar surface area (TPSA) is 82.6 Å². The van der Waals surface area contributed by atoms with Crippen molar-refractivity contribution < 1.29 is 8.42 Å². The summed E-state index contributed by atoms with van der Waals surface area (Å²) >= 11 is 0. The van der Waals surface area contributed by atoms with Gasteiger partial charge in [-0.15, -0.1) is 24.0 Å². The lowest BCUT2D eigenvalue weighted by atomic mass is 10.1. The normalized spacial score (nSPS) is 11.7. The largest absolute Gasteiger partial charge is 0.356 e. The molecule has 0 aromatic heterocycles. The summed E-state index contributed by atoms with van der Waals surface area (Å²) in [6.45, 7) is 1.94. The molecular weight excluding hydrogens is 427 g/mol. The lowest BCUT2D eigenvalue weighted by Crippen LogP contribution is -2.39. The Morgan fingerprint density at radius 1 is 1.04 bits per heavy atom. The summed E-state index contributed by atoms with van der Waals surface area (Å²) < 4.78 is 24.3. The number of hydrogen-bond acceptors (Lipinski definition) is 3. The highest BCUT2D eigenvalue weighted by atomic mass is 127. The van der Waals surface area contributed by atoms with Crippen molar-refractivity contribution in [2.75, 3.05) is 32.9 Å². The Labute approximate surface area is 156 Å². The maximum absolute atomic E-state index is 10.9. The fraction of sp³-hybridized carbons (Fsp3) is 0.533. The van der Waals surface area contributed by atoms with Gasteiger partial charge < -0.3 is 10.6 Å². The van der Waals surface area contributed by atoms with E-state index < -0.39 is 10.0 Å². The van der Waals surface area contributed by atoms with Gasteiger partial charge in [0.25, 0.3) is 0 Å². The molecule has 0 amide bonds. The van der Waals surface area contributed by atoms with Crippen molar-refractivity contribution in [3.63, 3.8) is 0 Å². The number of benzene rings is 1. The third-order valence-corrected chi connectivity index (χ3v) is 3.74. The summed E-state index contributed by atoms with van der Waals surface area (Å²) in [5.74, 6) is 0.743. The van der Waals surface area contributed by atoms with Gasteiger partial charge in [0.05, 0.1) is 6.26 Å². The number of rotatable bonds is 9. The Hall–Kier alpha value is -0.870. The molecule has 23 heavy (non-hydrogen) atoms. The SMILES string of the molecule is CN=C(NCCCNS(C)(=O)=O)NCCCc1ccccc1.I. The van der Waals surface area contributed by atoms with Crippen LogP contribution in [-0.4, -0.2) is 47.3 Å². The summed E-state index contributed by atoms with van der Waals surface area (Å²) in [6, 6.07) is 10.4. The van der Waals surface area contributed by atoms with Crippen molar-refractivity contribution in [1.82, 2.24) is 15.4 Å². The highest BCUT2D eigenvalue weighted by Crippen LogP contribution is 2.01. The molecule has 0 aliphatic carbocycles. The van der Waals surface area contributed by atoms with Crippen molar-refractivity contribution in [2.24, 2.45) is 4.99 Å². The molecule has 132 valence electrons. The molecule has 3 N–H and O–H groups in total. The molecule has 0 atom stereocenters. The van der Waals surface area contributed by atoms with Crippen molar-refractivity contribution in [3.05, 3.63) is 35.9 Å². The number of nitrogens with zero attached hydrogens (tertiary/aromatic N) is 1. The van der Waals surface area contributed by atoms with E-state index in [0.29, 0.717) is 19.5 Å². The summed E-state index contributed by atoms with van der Waals surface area (Å²) in [6.07, 6.45) is 3.93. The summed E-state index contributed by atoms with van der Waals surface area (Å²) in [5.41, 5.74) is 1.33. The molecule has 8 heteroatoms. The minimum Gasteiger partial charge on any atom is -0.356 e. The predicted molar refractivity (Wildman–Crippen MR) is 107 cm³/mol. The molecule has 0 saturated heterocycles. The summed E-state index contributed by atoms with van der Waals surface area (Å²) in [5, 5.41) is 6.41. The van der Waals surface area contributed by atoms with Crippen LogP contribution in [0.5, 0.6) is 0 Å². The molecule has 1 aromatic carbocycles. The van der Waals surface area contributed by atoms with E-state index in [9.17, 15) is 8.42 Å². The zero-order valence-corrected chi connectivity index (χ0v) is 16.9. The third kappa shape index (κ3) is 12.2. The van der Waals surface area contributed by atoms with Gasteiger partial charge in [-0.05, 0) is 24.8 Å². The van der Waals surface area contributed by atoms with Crippen LogP contribution in [-0.2, 0) is 16.4 Å². The van der Waals surface area contributed by atoms with Crippen LogP contribution in [0, 0.1) is 0 Å². The van der Waals surface area contributed by atoms with E-state index >= 15 is 0 Å². The average Bonchev–Trinajstić information content (AvgIpc) is 2.49. The zero-order chi connectivity index (χ0) is 16.3. The summed E-state index contributed by atoms with van der Waals surface area (Å²) in [7, 11) is -1.37. The van der Waals surface area contributed by atoms with Crippen molar-refractivity contribution >= 4 is 40.0 Å². The van der Waals surface area contributed by atoms with Crippen LogP contribution in [0.15, 0.2) is 35.3 Å². The highest BCUT2D eigenvalue weighted by molar-refractivity contribution is 14.0. The number of aliphatic imine (C=N–C) groups is 1. The summed E-state index contributed by atoms with van der Waals surface area (Å²) in [4.78, 5) is 4.13. The Balaban J connectivity index is 0.00000484. The molecular formula is C15H27IN4O2S. The number of guanidine groups is 1. The predicted octanol–water partition coefficient (Wildman–Crippen LogP) is 1.34. The highest BCUT2D eigenvalue weighted by Gasteiger charge is 2.00. The lowest BCUT2D eigenvalue weighted by Gasteiger charge is -2.11. The van der Waals surface area contributed by atoms with Crippen LogP contribution in [0.3, 0.4) is 0 Å². The molecule has 0 radical (unpaired) electrons. The van der Waals surface area contributed by atoms with E-state index in [4.69, 9.17) is 0 Å². The Morgan fingerprint density at radius 2 is 1.65 bits per heavy atom. The maximum atomic E-state index is 10.9. The van der Waals surface area contributed by atoms with Gasteiger partial charge in [0.1, 0.15) is 0 Å². The van der Waals surface area contributed by atoms with Gasteiger partial charge >= 0.3 is 0 Å². The second kappa shape index (κ2) is 12.5. The Bertz CT molecular complexity index is 550. The first-order valence-corrected chi connectivity index (χ1v) is 9.33. The molecule has 0 spiro atoms. The monoisotopic (exact) mass is 454 g/mol. The lowest BCUT2D eigenvalue weighted by molar-refractivity contribution is 0.584. The van der Waals surface area contributed by atoms with Gasteiger partial charge in [-0.25, -0.2) is 13.1 Å². The third-order valence-electron chi connectivity index (χ3n) is 3.01. The van der Waals surface area contributed by atoms with E-state index in [2.05, 4.69) is 32.5 Å². The molecule has 6 nitrogen and oxygen atoms in total. The first kappa shape index (κ1) is 22.1. The maximum Gasteiger partial charge on any atom is 0.208 e. The van der Waals surface area contributed by atoms with Gasteiger partial charge in [0.15, 0.2) is 5.96 Å². The van der Waals surface area contributed by atoms with Crippen LogP contribution in [0.25, 0.3) is 0 Å². The first-order valence-electron chi connectivity index (χ1n) is 7.44. The van der Waals surface area contributed by atoms with E-state index in [1.165, 1.54) is 5.56 Å². The van der Waals surface area contributed by atoms with Crippen molar-refractivity contribution in [2.45, 2.75) is 19.3 Å². The molecule has 0 unspecified atom stereocenters. The molecule has 0 bridgehead atoms. The number of nitrogens with one attached hydrogen (secondary N) is 3. The van der Waals surface area contributed by atoms with Crippen molar-refractivity contribution in [1.29, 1.82) is 0 Å². The van der Waals surface area contributed by atoms with Gasteiger partial charge in [-0.2, -0.15) is 0 Å². The molecule has 1 aromatic rings. The first-order chi connectivity index (χ1) is 10.5. The Kier molecular flexibility index (Phi) is 12.1. The smallest absolute Gasteiger partial charge is 0.208 e. The van der Waals surface area contributed by atoms with Gasteiger partial charge in [-0.3, -0.25) is 4.99 Å². The van der Waals surface area contributed by atoms with Gasteiger partial charge in [0, 0.05) is 26.7 Å². The van der Waals surface area contributed by atoms with Gasteiger partial charge in [-0.1, -0.05) is 30.3 Å². The van der Waals surface area contributed by atoms with Crippen LogP contribution >= 0.6 is 24.0 Å². The molecule has 0 aliphatic heterocycles. The molecule has 1 rings (SSSR count). The van der Waals surface area contributed by atoms with Crippen LogP contribution in [0.1, 0.15) is 18.4 Å². The Morgan fingerprint density at radius 3 is 2.22 bits per heavy atom. The molecule has 0 saturated carbocycles. The minimum atomic E-state index is -3.10. The zero-order valence-electron chi connectivity index (χ0n) is 13.7. The van der Waals surface area contributed by atoms with E-state index in [0.717, 1.165) is 31.6 Å². The number of sulfonamides is 1. The number of halogens is 1. The fourth-order valence-electron chi connectivity index (χ4n) is 1.92. The van der Waals surface area contributed by atoms with E-state index in [-0.39, 0.29) is 24.0 Å². The van der Waals surface area contributed by atoms with E-state index in [1.54, 1.807) is 7.05 Å². The molecule has 0 heterocycles.